The second-order valence-corrected chi connectivity index (χ2v) is 3.07. The lowest BCUT2D eigenvalue weighted by Crippen LogP contribution is -2.32. The van der Waals surface area contributed by atoms with Gasteiger partial charge in [0.1, 0.15) is 0 Å². The molecule has 0 amide bonds. The summed E-state index contributed by atoms with van der Waals surface area (Å²) in [5, 5.41) is 12.5. The lowest BCUT2D eigenvalue weighted by atomic mass is 10.2. The highest BCUT2D eigenvalue weighted by Crippen LogP contribution is 2.43. The zero-order valence-electron chi connectivity index (χ0n) is 8.27. The van der Waals surface area contributed by atoms with Gasteiger partial charge < -0.3 is 10.2 Å². The molecule has 80 valence electrons. The summed E-state index contributed by atoms with van der Waals surface area (Å²) in [7, 11) is 3.09. The van der Waals surface area contributed by atoms with Crippen molar-refractivity contribution in [3.8, 4) is 5.75 Å². The number of hydrogen-bond acceptors (Lipinski definition) is 6. The van der Waals surface area contributed by atoms with Crippen LogP contribution in [-0.2, 0) is 0 Å². The van der Waals surface area contributed by atoms with Gasteiger partial charge in [-0.2, -0.15) is 0 Å². The molecule has 2 N–H and O–H groups in total. The van der Waals surface area contributed by atoms with Gasteiger partial charge in [-0.1, -0.05) is 0 Å². The minimum Gasteiger partial charge on any atom is -0.490 e. The third-order valence-electron chi connectivity index (χ3n) is 2.21. The average Bonchev–Trinajstić information content (AvgIpc) is 2.59. The molecule has 1 heterocycles. The Bertz CT molecular complexity index is 421. The molecular weight excluding hydrogens is 200 g/mol. The summed E-state index contributed by atoms with van der Waals surface area (Å²) in [5.74, 6) is 0.246. The van der Waals surface area contributed by atoms with E-state index in [9.17, 15) is 10.1 Å². The monoisotopic (exact) mass is 210 g/mol. The number of methoxy groups -OCH3 is 1. The maximum Gasteiger partial charge on any atom is 0.337 e. The number of ether oxygens (including phenoxy) is 1. The van der Waals surface area contributed by atoms with E-state index in [0.717, 1.165) is 0 Å². The molecule has 0 atom stereocenters. The van der Waals surface area contributed by atoms with Crippen molar-refractivity contribution < 1.29 is 9.66 Å². The van der Waals surface area contributed by atoms with Crippen molar-refractivity contribution in [1.82, 2.24) is 5.53 Å². The molecule has 0 radical (unpaired) electrons. The number of benzene rings is 1. The molecule has 0 saturated carbocycles. The molecule has 2 rings (SSSR count). The first kappa shape index (κ1) is 9.53. The normalized spacial score (nSPS) is 13.3. The molecular formula is C8H10N4O3. The molecule has 0 spiro atoms. The summed E-state index contributed by atoms with van der Waals surface area (Å²) < 4.78 is 4.96. The molecule has 7 nitrogen and oxygen atoms in total. The van der Waals surface area contributed by atoms with Crippen LogP contribution in [0, 0.1) is 10.1 Å². The average molecular weight is 210 g/mol. The Morgan fingerprint density at radius 1 is 1.53 bits per heavy atom. The van der Waals surface area contributed by atoms with Gasteiger partial charge in [0, 0.05) is 7.05 Å². The number of hydrogen-bond donors (Lipinski definition) is 2. The number of fused-ring (bicyclic) bond motifs is 1. The van der Waals surface area contributed by atoms with E-state index in [1.54, 1.807) is 19.2 Å². The first-order valence-corrected chi connectivity index (χ1v) is 4.26. The van der Waals surface area contributed by atoms with Crippen LogP contribution in [0.4, 0.5) is 17.1 Å². The number of nitrogens with one attached hydrogen (secondary N) is 2. The maximum atomic E-state index is 10.9. The summed E-state index contributed by atoms with van der Waals surface area (Å²) >= 11 is 0. The third-order valence-corrected chi connectivity index (χ3v) is 2.21. The molecule has 1 aromatic rings. The molecule has 0 saturated heterocycles. The SMILES string of the molecule is COc1ccc2c(c1[N+](=O)[O-])N(C)NN2. The Labute approximate surface area is 85.7 Å². The van der Waals surface area contributed by atoms with Gasteiger partial charge in [-0.15, -0.1) is 5.53 Å². The highest BCUT2D eigenvalue weighted by Gasteiger charge is 2.30. The van der Waals surface area contributed by atoms with Gasteiger partial charge in [0.25, 0.3) is 0 Å². The van der Waals surface area contributed by atoms with Crippen molar-refractivity contribution in [2.75, 3.05) is 24.6 Å². The fourth-order valence-electron chi connectivity index (χ4n) is 1.54. The fraction of sp³-hybridized carbons (Fsp3) is 0.250. The van der Waals surface area contributed by atoms with Crippen LogP contribution in [0.5, 0.6) is 5.75 Å². The highest BCUT2D eigenvalue weighted by molar-refractivity contribution is 5.85. The predicted octanol–water partition coefficient (Wildman–Crippen LogP) is 0.885. The van der Waals surface area contributed by atoms with E-state index in [4.69, 9.17) is 4.74 Å². The van der Waals surface area contributed by atoms with E-state index in [-0.39, 0.29) is 11.4 Å². The maximum absolute atomic E-state index is 10.9. The highest BCUT2D eigenvalue weighted by atomic mass is 16.6. The Kier molecular flexibility index (Phi) is 2.09. The summed E-state index contributed by atoms with van der Waals surface area (Å²) in [6, 6.07) is 3.28. The first-order valence-electron chi connectivity index (χ1n) is 4.26. The number of anilines is 2. The van der Waals surface area contributed by atoms with E-state index in [1.165, 1.54) is 12.1 Å². The van der Waals surface area contributed by atoms with Crippen molar-refractivity contribution in [2.24, 2.45) is 0 Å². The number of hydrazine groups is 2. The molecule has 15 heavy (non-hydrogen) atoms. The van der Waals surface area contributed by atoms with E-state index in [2.05, 4.69) is 11.0 Å². The summed E-state index contributed by atoms with van der Waals surface area (Å²) in [6.45, 7) is 0. The first-order chi connectivity index (χ1) is 7.15. The largest absolute Gasteiger partial charge is 0.490 e. The molecule has 1 aromatic carbocycles. The summed E-state index contributed by atoms with van der Waals surface area (Å²) in [6.07, 6.45) is 0. The van der Waals surface area contributed by atoms with Crippen LogP contribution in [0.2, 0.25) is 0 Å². The van der Waals surface area contributed by atoms with Crippen molar-refractivity contribution >= 4 is 17.1 Å². The van der Waals surface area contributed by atoms with Gasteiger partial charge in [-0.25, -0.2) is 0 Å². The van der Waals surface area contributed by atoms with Crippen LogP contribution in [0.25, 0.3) is 0 Å². The van der Waals surface area contributed by atoms with Gasteiger partial charge in [0.2, 0.25) is 0 Å². The number of nitrogens with zero attached hydrogens (tertiary/aromatic N) is 2. The Hall–Kier alpha value is -2.02. The fourth-order valence-corrected chi connectivity index (χ4v) is 1.54. The molecule has 0 aliphatic carbocycles. The third kappa shape index (κ3) is 1.33. The number of rotatable bonds is 2. The minimum atomic E-state index is -0.456. The zero-order valence-corrected chi connectivity index (χ0v) is 8.27. The van der Waals surface area contributed by atoms with E-state index in [0.29, 0.717) is 11.4 Å². The van der Waals surface area contributed by atoms with Gasteiger partial charge in [0.15, 0.2) is 11.4 Å². The lowest BCUT2D eigenvalue weighted by molar-refractivity contribution is -0.384. The van der Waals surface area contributed by atoms with E-state index in [1.807, 2.05) is 0 Å². The van der Waals surface area contributed by atoms with Crippen LogP contribution in [0.3, 0.4) is 0 Å². The van der Waals surface area contributed by atoms with E-state index < -0.39 is 4.92 Å². The van der Waals surface area contributed by atoms with Crippen molar-refractivity contribution in [2.45, 2.75) is 0 Å². The van der Waals surface area contributed by atoms with Gasteiger partial charge in [0.05, 0.1) is 17.7 Å². The summed E-state index contributed by atoms with van der Waals surface area (Å²) in [4.78, 5) is 10.5. The standard InChI is InChI=1S/C8H10N4O3/c1-11-7-5(9-10-11)3-4-6(15-2)8(7)12(13)14/h3-4,9-10H,1-2H3. The van der Waals surface area contributed by atoms with Crippen molar-refractivity contribution in [3.05, 3.63) is 22.2 Å². The van der Waals surface area contributed by atoms with E-state index >= 15 is 0 Å². The molecule has 7 heteroatoms. The predicted molar refractivity (Wildman–Crippen MR) is 54.8 cm³/mol. The smallest absolute Gasteiger partial charge is 0.337 e. The van der Waals surface area contributed by atoms with Gasteiger partial charge >= 0.3 is 5.69 Å². The molecule has 0 bridgehead atoms. The second kappa shape index (κ2) is 3.28. The van der Waals surface area contributed by atoms with Crippen LogP contribution in [0.15, 0.2) is 12.1 Å². The number of nitro groups is 1. The van der Waals surface area contributed by atoms with Crippen molar-refractivity contribution in [1.29, 1.82) is 0 Å². The van der Waals surface area contributed by atoms with Crippen molar-refractivity contribution in [3.63, 3.8) is 0 Å². The topological polar surface area (TPSA) is 79.7 Å². The molecule has 0 aromatic heterocycles. The summed E-state index contributed by atoms with van der Waals surface area (Å²) in [5.41, 5.74) is 6.65. The van der Waals surface area contributed by atoms with Gasteiger partial charge in [-0.05, 0) is 12.1 Å². The quantitative estimate of drug-likeness (QED) is 0.557. The molecule has 1 aliphatic rings. The zero-order chi connectivity index (χ0) is 11.0. The minimum absolute atomic E-state index is 0.0463. The molecule has 0 fully saturated rings. The lowest BCUT2D eigenvalue weighted by Gasteiger charge is -2.11. The second-order valence-electron chi connectivity index (χ2n) is 3.07. The van der Waals surface area contributed by atoms with Crippen LogP contribution >= 0.6 is 0 Å². The Morgan fingerprint density at radius 3 is 2.87 bits per heavy atom. The molecule has 1 aliphatic heterocycles. The van der Waals surface area contributed by atoms with Gasteiger partial charge in [-0.3, -0.25) is 15.1 Å². The molecule has 0 unspecified atom stereocenters. The van der Waals surface area contributed by atoms with Crippen LogP contribution < -0.4 is 20.7 Å². The number of nitro benzene ring substituents is 1. The van der Waals surface area contributed by atoms with Crippen LogP contribution in [-0.4, -0.2) is 19.1 Å². The Balaban J connectivity index is 2.66. The Morgan fingerprint density at radius 2 is 2.27 bits per heavy atom. The van der Waals surface area contributed by atoms with Crippen LogP contribution in [0.1, 0.15) is 0 Å².